The zero-order valence-corrected chi connectivity index (χ0v) is 11.0. The number of aromatic nitrogens is 2. The van der Waals surface area contributed by atoms with Crippen LogP contribution >= 0.6 is 15.9 Å². The Balaban J connectivity index is 2.14. The highest BCUT2D eigenvalue weighted by atomic mass is 79.9. The van der Waals surface area contributed by atoms with Crippen molar-refractivity contribution in [1.29, 1.82) is 0 Å². The van der Waals surface area contributed by atoms with Crippen LogP contribution in [0.25, 0.3) is 0 Å². The van der Waals surface area contributed by atoms with Crippen LogP contribution < -0.4 is 10.5 Å². The molecule has 0 unspecified atom stereocenters. The normalized spacial score (nSPS) is 17.8. The third-order valence-electron chi connectivity index (χ3n) is 3.27. The summed E-state index contributed by atoms with van der Waals surface area (Å²) in [5.41, 5.74) is -0.109. The fourth-order valence-corrected chi connectivity index (χ4v) is 2.61. The Bertz CT molecular complexity index is 410. The molecule has 5 heteroatoms. The maximum absolute atomic E-state index is 11.4. The van der Waals surface area contributed by atoms with Crippen molar-refractivity contribution in [2.24, 2.45) is 5.92 Å². The molecule has 1 N–H and O–H groups in total. The quantitative estimate of drug-likeness (QED) is 0.906. The van der Waals surface area contributed by atoms with Crippen molar-refractivity contribution < 1.29 is 0 Å². The lowest BCUT2D eigenvalue weighted by Crippen LogP contribution is -2.35. The summed E-state index contributed by atoms with van der Waals surface area (Å²) in [5.74, 6) is 1.61. The van der Waals surface area contributed by atoms with Gasteiger partial charge in [-0.15, -0.1) is 0 Å². The average Bonchev–Trinajstić information content (AvgIpc) is 2.33. The van der Waals surface area contributed by atoms with Gasteiger partial charge in [0.15, 0.2) is 0 Å². The van der Waals surface area contributed by atoms with E-state index in [2.05, 4.69) is 37.7 Å². The molecular weight excluding hydrogens is 270 g/mol. The first-order valence-electron chi connectivity index (χ1n) is 5.70. The Hall–Kier alpha value is -0.840. The van der Waals surface area contributed by atoms with Crippen LogP contribution in [0.4, 0.5) is 5.82 Å². The Morgan fingerprint density at radius 3 is 2.88 bits per heavy atom. The zero-order chi connectivity index (χ0) is 11.5. The molecule has 0 atom stereocenters. The van der Waals surface area contributed by atoms with Crippen LogP contribution in [-0.2, 0) is 0 Å². The standard InChI is InChI=1S/C11H16BrN3O/c1-2-8-3-5-15(6-4-8)10-9(12)11(16)14-7-13-10/h7-8H,2-6H2,1H3,(H,13,14,16). The summed E-state index contributed by atoms with van der Waals surface area (Å²) in [4.78, 5) is 20.4. The van der Waals surface area contributed by atoms with Gasteiger partial charge in [-0.1, -0.05) is 13.3 Å². The summed E-state index contributed by atoms with van der Waals surface area (Å²) in [7, 11) is 0. The molecule has 4 nitrogen and oxygen atoms in total. The van der Waals surface area contributed by atoms with Crippen molar-refractivity contribution in [2.75, 3.05) is 18.0 Å². The maximum atomic E-state index is 11.4. The molecule has 2 heterocycles. The summed E-state index contributed by atoms with van der Waals surface area (Å²) >= 11 is 3.30. The molecule has 0 saturated carbocycles. The number of rotatable bonds is 2. The number of piperidine rings is 1. The predicted molar refractivity (Wildman–Crippen MR) is 67.8 cm³/mol. The van der Waals surface area contributed by atoms with Crippen LogP contribution in [0.15, 0.2) is 15.6 Å². The van der Waals surface area contributed by atoms with Crippen molar-refractivity contribution in [3.05, 3.63) is 21.2 Å². The van der Waals surface area contributed by atoms with E-state index in [-0.39, 0.29) is 5.56 Å². The van der Waals surface area contributed by atoms with E-state index in [1.165, 1.54) is 25.6 Å². The number of hydrogen-bond donors (Lipinski definition) is 1. The number of halogens is 1. The van der Waals surface area contributed by atoms with Gasteiger partial charge in [-0.2, -0.15) is 0 Å². The molecule has 88 valence electrons. The molecule has 1 aliphatic heterocycles. The van der Waals surface area contributed by atoms with E-state index in [1.54, 1.807) is 0 Å². The Kier molecular flexibility index (Phi) is 3.63. The van der Waals surface area contributed by atoms with Crippen molar-refractivity contribution in [1.82, 2.24) is 9.97 Å². The Morgan fingerprint density at radius 1 is 1.56 bits per heavy atom. The van der Waals surface area contributed by atoms with E-state index in [1.807, 2.05) is 0 Å². The van der Waals surface area contributed by atoms with Gasteiger partial charge in [0.05, 0.1) is 6.33 Å². The van der Waals surface area contributed by atoms with E-state index in [4.69, 9.17) is 0 Å². The summed E-state index contributed by atoms with van der Waals surface area (Å²) in [6.07, 6.45) is 5.10. The van der Waals surface area contributed by atoms with Gasteiger partial charge >= 0.3 is 0 Å². The third kappa shape index (κ3) is 2.29. The minimum absolute atomic E-state index is 0.109. The number of nitrogens with zero attached hydrogens (tertiary/aromatic N) is 2. The number of nitrogens with one attached hydrogen (secondary N) is 1. The van der Waals surface area contributed by atoms with E-state index in [0.29, 0.717) is 4.47 Å². The van der Waals surface area contributed by atoms with E-state index >= 15 is 0 Å². The number of H-pyrrole nitrogens is 1. The molecule has 0 radical (unpaired) electrons. The summed E-state index contributed by atoms with van der Waals surface area (Å²) in [6, 6.07) is 0. The van der Waals surface area contributed by atoms with Crippen molar-refractivity contribution in [3.63, 3.8) is 0 Å². The first kappa shape index (κ1) is 11.6. The molecule has 0 bridgehead atoms. The molecule has 1 aromatic heterocycles. The summed E-state index contributed by atoms with van der Waals surface area (Å²) in [5, 5.41) is 0. The van der Waals surface area contributed by atoms with E-state index in [0.717, 1.165) is 24.8 Å². The molecule has 1 aliphatic rings. The topological polar surface area (TPSA) is 49.0 Å². The van der Waals surface area contributed by atoms with Gasteiger partial charge < -0.3 is 9.88 Å². The molecule has 2 rings (SSSR count). The molecule has 1 fully saturated rings. The second-order valence-corrected chi connectivity index (χ2v) is 5.00. The molecule has 1 saturated heterocycles. The maximum Gasteiger partial charge on any atom is 0.267 e. The van der Waals surface area contributed by atoms with Gasteiger partial charge in [-0.3, -0.25) is 4.79 Å². The monoisotopic (exact) mass is 285 g/mol. The Morgan fingerprint density at radius 2 is 2.25 bits per heavy atom. The van der Waals surface area contributed by atoms with Gasteiger partial charge in [-0.25, -0.2) is 4.98 Å². The predicted octanol–water partition coefficient (Wildman–Crippen LogP) is 2.16. The third-order valence-corrected chi connectivity index (χ3v) is 3.98. The van der Waals surface area contributed by atoms with Crippen LogP contribution in [0.2, 0.25) is 0 Å². The van der Waals surface area contributed by atoms with Gasteiger partial charge in [0.25, 0.3) is 5.56 Å². The fourth-order valence-electron chi connectivity index (χ4n) is 2.15. The first-order chi connectivity index (χ1) is 7.72. The number of anilines is 1. The van der Waals surface area contributed by atoms with Crippen LogP contribution in [0, 0.1) is 5.92 Å². The average molecular weight is 286 g/mol. The van der Waals surface area contributed by atoms with Crippen LogP contribution in [0.3, 0.4) is 0 Å². The first-order valence-corrected chi connectivity index (χ1v) is 6.49. The van der Waals surface area contributed by atoms with Crippen molar-refractivity contribution in [3.8, 4) is 0 Å². The second kappa shape index (κ2) is 4.99. The van der Waals surface area contributed by atoms with Crippen LogP contribution in [-0.4, -0.2) is 23.1 Å². The molecule has 0 aromatic carbocycles. The largest absolute Gasteiger partial charge is 0.355 e. The minimum atomic E-state index is -0.109. The van der Waals surface area contributed by atoms with Gasteiger partial charge in [-0.05, 0) is 34.7 Å². The molecular formula is C11H16BrN3O. The lowest BCUT2D eigenvalue weighted by Gasteiger charge is -2.32. The highest BCUT2D eigenvalue weighted by Gasteiger charge is 2.21. The van der Waals surface area contributed by atoms with Crippen LogP contribution in [0.1, 0.15) is 26.2 Å². The van der Waals surface area contributed by atoms with Gasteiger partial charge in [0.2, 0.25) is 0 Å². The molecule has 0 amide bonds. The lowest BCUT2D eigenvalue weighted by molar-refractivity contribution is 0.393. The molecule has 0 aliphatic carbocycles. The summed E-state index contributed by atoms with van der Waals surface area (Å²) in [6.45, 7) is 4.23. The van der Waals surface area contributed by atoms with Crippen molar-refractivity contribution in [2.45, 2.75) is 26.2 Å². The molecule has 0 spiro atoms. The number of hydrogen-bond acceptors (Lipinski definition) is 3. The van der Waals surface area contributed by atoms with Crippen molar-refractivity contribution >= 4 is 21.7 Å². The van der Waals surface area contributed by atoms with E-state index in [9.17, 15) is 4.79 Å². The lowest BCUT2D eigenvalue weighted by atomic mass is 9.94. The molecule has 16 heavy (non-hydrogen) atoms. The second-order valence-electron chi connectivity index (χ2n) is 4.21. The van der Waals surface area contributed by atoms with Crippen LogP contribution in [0.5, 0.6) is 0 Å². The molecule has 1 aromatic rings. The summed E-state index contributed by atoms with van der Waals surface area (Å²) < 4.78 is 0.546. The van der Waals surface area contributed by atoms with Gasteiger partial charge in [0.1, 0.15) is 10.3 Å². The number of aromatic amines is 1. The SMILES string of the molecule is CCC1CCN(c2nc[nH]c(=O)c2Br)CC1. The van der Waals surface area contributed by atoms with E-state index < -0.39 is 0 Å². The zero-order valence-electron chi connectivity index (χ0n) is 9.37. The highest BCUT2D eigenvalue weighted by Crippen LogP contribution is 2.26. The minimum Gasteiger partial charge on any atom is -0.355 e. The fraction of sp³-hybridized carbons (Fsp3) is 0.636. The van der Waals surface area contributed by atoms with Gasteiger partial charge in [0, 0.05) is 13.1 Å². The Labute approximate surface area is 103 Å². The smallest absolute Gasteiger partial charge is 0.267 e. The highest BCUT2D eigenvalue weighted by molar-refractivity contribution is 9.10.